The van der Waals surface area contributed by atoms with E-state index in [0.29, 0.717) is 5.92 Å². The van der Waals surface area contributed by atoms with Gasteiger partial charge in [0.15, 0.2) is 0 Å². The summed E-state index contributed by atoms with van der Waals surface area (Å²) < 4.78 is 7.13. The summed E-state index contributed by atoms with van der Waals surface area (Å²) in [4.78, 5) is 15.6. The van der Waals surface area contributed by atoms with E-state index in [2.05, 4.69) is 22.5 Å². The lowest BCUT2D eigenvalue weighted by molar-refractivity contribution is -0.142. The Labute approximate surface area is 166 Å². The zero-order valence-electron chi connectivity index (χ0n) is 15.6. The van der Waals surface area contributed by atoms with Gasteiger partial charge in [0.1, 0.15) is 11.3 Å². The number of amides is 1. The summed E-state index contributed by atoms with van der Waals surface area (Å²) in [6.45, 7) is 3.29. The van der Waals surface area contributed by atoms with Crippen LogP contribution in [0.25, 0.3) is 0 Å². The van der Waals surface area contributed by atoms with Gasteiger partial charge in [-0.15, -0.1) is 12.4 Å². The summed E-state index contributed by atoms with van der Waals surface area (Å²) in [5.41, 5.74) is 0.739. The molecule has 146 valence electrons. The van der Waals surface area contributed by atoms with Crippen molar-refractivity contribution in [1.82, 2.24) is 20.0 Å². The molecule has 0 aliphatic carbocycles. The molecule has 3 heterocycles. The van der Waals surface area contributed by atoms with Crippen LogP contribution in [0.3, 0.4) is 0 Å². The number of hydrogen-bond acceptors (Lipinski definition) is 4. The number of likely N-dealkylation sites (tertiary alicyclic amines) is 1. The van der Waals surface area contributed by atoms with Crippen LogP contribution in [0, 0.1) is 0 Å². The maximum Gasteiger partial charge on any atom is 0.250 e. The van der Waals surface area contributed by atoms with Crippen LogP contribution < -0.4 is 10.1 Å². The molecule has 2 aliphatic heterocycles. The zero-order valence-corrected chi connectivity index (χ0v) is 16.5. The third kappa shape index (κ3) is 3.69. The Balaban J connectivity index is 0.00000210. The molecule has 2 fully saturated rings. The van der Waals surface area contributed by atoms with E-state index in [0.717, 1.165) is 51.2 Å². The predicted molar refractivity (Wildman–Crippen MR) is 106 cm³/mol. The molecule has 7 heteroatoms. The smallest absolute Gasteiger partial charge is 0.250 e. The lowest BCUT2D eigenvalue weighted by atomic mass is 9.86. The lowest BCUT2D eigenvalue weighted by Gasteiger charge is -2.39. The largest absolute Gasteiger partial charge is 0.497 e. The number of halogens is 1. The highest BCUT2D eigenvalue weighted by molar-refractivity contribution is 5.85. The predicted octanol–water partition coefficient (Wildman–Crippen LogP) is 2.41. The number of benzene rings is 1. The number of nitrogens with one attached hydrogen (secondary N) is 1. The van der Waals surface area contributed by atoms with Gasteiger partial charge in [0.25, 0.3) is 5.91 Å². The highest BCUT2D eigenvalue weighted by atomic mass is 35.5. The molecule has 2 aliphatic rings. The van der Waals surface area contributed by atoms with Crippen LogP contribution >= 0.6 is 12.4 Å². The van der Waals surface area contributed by atoms with Gasteiger partial charge < -0.3 is 15.0 Å². The Hall–Kier alpha value is -2.05. The molecule has 1 atom stereocenters. The molecule has 0 bridgehead atoms. The summed E-state index contributed by atoms with van der Waals surface area (Å²) in [7, 11) is 1.68. The number of nitrogens with zero attached hydrogens (tertiary/aromatic N) is 3. The quantitative estimate of drug-likeness (QED) is 0.870. The fourth-order valence-electron chi connectivity index (χ4n) is 4.29. The normalized spacial score (nSPS) is 21.5. The topological polar surface area (TPSA) is 59.4 Å². The van der Waals surface area contributed by atoms with Crippen LogP contribution in [0.5, 0.6) is 5.75 Å². The van der Waals surface area contributed by atoms with Gasteiger partial charge in [0, 0.05) is 31.4 Å². The Morgan fingerprint density at radius 2 is 2.00 bits per heavy atom. The molecule has 27 heavy (non-hydrogen) atoms. The molecule has 1 aromatic carbocycles. The van der Waals surface area contributed by atoms with E-state index in [4.69, 9.17) is 4.74 Å². The number of methoxy groups -OCH3 is 1. The van der Waals surface area contributed by atoms with Crippen LogP contribution in [0.4, 0.5) is 0 Å². The molecule has 1 aromatic heterocycles. The Morgan fingerprint density at radius 3 is 2.63 bits per heavy atom. The summed E-state index contributed by atoms with van der Waals surface area (Å²) in [6.07, 6.45) is 6.28. The minimum atomic E-state index is -0.538. The number of carbonyl (C=O) groups excluding carboxylic acids is 1. The van der Waals surface area contributed by atoms with Crippen molar-refractivity contribution in [2.45, 2.75) is 30.7 Å². The standard InChI is InChI=1S/C20H26N4O2.ClH/c1-26-18-5-3-16(4-6-18)17-7-14-23(15-17)19(25)20(8-11-21-12-9-20)24-13-2-10-22-24;/h2-6,10,13,17,21H,7-9,11-12,14-15H2,1H3;1H. The maximum absolute atomic E-state index is 13.5. The second-order valence-corrected chi connectivity index (χ2v) is 7.24. The van der Waals surface area contributed by atoms with E-state index in [1.165, 1.54) is 5.56 Å². The Morgan fingerprint density at radius 1 is 1.26 bits per heavy atom. The SMILES string of the molecule is COc1ccc(C2CCN(C(=O)C3(n4cccn4)CCNCC3)C2)cc1.Cl. The molecule has 1 unspecified atom stereocenters. The highest BCUT2D eigenvalue weighted by Crippen LogP contribution is 2.34. The fraction of sp³-hybridized carbons (Fsp3) is 0.500. The zero-order chi connectivity index (χ0) is 18.0. The maximum atomic E-state index is 13.5. The minimum absolute atomic E-state index is 0. The van der Waals surface area contributed by atoms with Crippen molar-refractivity contribution >= 4 is 18.3 Å². The molecular weight excluding hydrogens is 364 g/mol. The van der Waals surface area contributed by atoms with Gasteiger partial charge in [0.2, 0.25) is 0 Å². The third-order valence-corrected chi connectivity index (χ3v) is 5.83. The first kappa shape index (κ1) is 19.7. The van der Waals surface area contributed by atoms with E-state index in [9.17, 15) is 4.79 Å². The second-order valence-electron chi connectivity index (χ2n) is 7.24. The highest BCUT2D eigenvalue weighted by Gasteiger charge is 2.45. The summed E-state index contributed by atoms with van der Waals surface area (Å²) in [5.74, 6) is 1.48. The molecular formula is C20H27ClN4O2. The van der Waals surface area contributed by atoms with Gasteiger partial charge >= 0.3 is 0 Å². The van der Waals surface area contributed by atoms with Crippen LogP contribution in [0.1, 0.15) is 30.7 Å². The van der Waals surface area contributed by atoms with E-state index in [-0.39, 0.29) is 18.3 Å². The number of rotatable bonds is 4. The average Bonchev–Trinajstić information content (AvgIpc) is 3.40. The van der Waals surface area contributed by atoms with E-state index in [1.54, 1.807) is 13.3 Å². The third-order valence-electron chi connectivity index (χ3n) is 5.83. The average molecular weight is 391 g/mol. The molecule has 1 amide bonds. The van der Waals surface area contributed by atoms with Crippen molar-refractivity contribution in [2.24, 2.45) is 0 Å². The summed E-state index contributed by atoms with van der Waals surface area (Å²) in [6, 6.07) is 10.1. The van der Waals surface area contributed by atoms with Gasteiger partial charge in [0.05, 0.1) is 7.11 Å². The number of carbonyl (C=O) groups is 1. The summed E-state index contributed by atoms with van der Waals surface area (Å²) in [5, 5.41) is 7.80. The Bertz CT molecular complexity index is 742. The first-order chi connectivity index (χ1) is 12.7. The number of aromatic nitrogens is 2. The van der Waals surface area contributed by atoms with Crippen molar-refractivity contribution in [2.75, 3.05) is 33.3 Å². The van der Waals surface area contributed by atoms with Crippen molar-refractivity contribution in [1.29, 1.82) is 0 Å². The van der Waals surface area contributed by atoms with Crippen molar-refractivity contribution < 1.29 is 9.53 Å². The van der Waals surface area contributed by atoms with E-state index in [1.807, 2.05) is 34.0 Å². The van der Waals surface area contributed by atoms with Crippen molar-refractivity contribution in [3.05, 3.63) is 48.3 Å². The van der Waals surface area contributed by atoms with Gasteiger partial charge in [-0.05, 0) is 56.1 Å². The monoisotopic (exact) mass is 390 g/mol. The first-order valence-corrected chi connectivity index (χ1v) is 9.37. The van der Waals surface area contributed by atoms with Gasteiger partial charge in [-0.1, -0.05) is 12.1 Å². The van der Waals surface area contributed by atoms with Gasteiger partial charge in [-0.2, -0.15) is 5.10 Å². The molecule has 0 radical (unpaired) electrons. The van der Waals surface area contributed by atoms with Crippen LogP contribution in [-0.4, -0.2) is 53.9 Å². The molecule has 0 spiro atoms. The van der Waals surface area contributed by atoms with Gasteiger partial charge in [-0.3, -0.25) is 9.48 Å². The second kappa shape index (κ2) is 8.31. The van der Waals surface area contributed by atoms with Crippen LogP contribution in [0.2, 0.25) is 0 Å². The molecule has 6 nitrogen and oxygen atoms in total. The number of piperidine rings is 1. The molecule has 2 aromatic rings. The van der Waals surface area contributed by atoms with E-state index < -0.39 is 5.54 Å². The summed E-state index contributed by atoms with van der Waals surface area (Å²) >= 11 is 0. The van der Waals surface area contributed by atoms with Crippen LogP contribution in [0.15, 0.2) is 42.7 Å². The minimum Gasteiger partial charge on any atom is -0.497 e. The Kier molecular flexibility index (Phi) is 6.07. The molecule has 2 saturated heterocycles. The number of ether oxygens (including phenoxy) is 1. The molecule has 1 N–H and O–H groups in total. The van der Waals surface area contributed by atoms with Crippen molar-refractivity contribution in [3.63, 3.8) is 0 Å². The fourth-order valence-corrected chi connectivity index (χ4v) is 4.29. The van der Waals surface area contributed by atoms with Crippen LogP contribution in [-0.2, 0) is 10.3 Å². The molecule has 0 saturated carbocycles. The first-order valence-electron chi connectivity index (χ1n) is 9.37. The number of hydrogen-bond donors (Lipinski definition) is 1. The molecule has 4 rings (SSSR count). The van der Waals surface area contributed by atoms with E-state index >= 15 is 0 Å². The van der Waals surface area contributed by atoms with Crippen molar-refractivity contribution in [3.8, 4) is 5.75 Å². The van der Waals surface area contributed by atoms with Gasteiger partial charge in [-0.25, -0.2) is 0 Å². The lowest BCUT2D eigenvalue weighted by Crippen LogP contribution is -2.55.